The van der Waals surface area contributed by atoms with Gasteiger partial charge in [0.1, 0.15) is 11.6 Å². The number of esters is 1. The number of carbonyl (C=O) groups is 1. The van der Waals surface area contributed by atoms with Gasteiger partial charge in [0, 0.05) is 42.4 Å². The number of rotatable bonds is 3. The van der Waals surface area contributed by atoms with E-state index in [1.54, 1.807) is 0 Å². The van der Waals surface area contributed by atoms with E-state index in [1.807, 2.05) is 56.5 Å². The van der Waals surface area contributed by atoms with E-state index in [9.17, 15) is 4.79 Å². The fraction of sp³-hybridized carbons (Fsp3) is 0.462. The highest BCUT2D eigenvalue weighted by Gasteiger charge is 2.38. The summed E-state index contributed by atoms with van der Waals surface area (Å²) in [5, 5.41) is 5.79. The standard InChI is InChI=1S/C39H47ClN4O5/c1-24-15-16-27-22-28(24)34-29(40)13-11-14-31(34)48-25(2)12-9-10-21-47-39(7)17-19-43(20-18-39)36-33(35(37(45)46-8)49-38(4,5)6)26(3)41-32-23-30(27)42-44(32)36/h9-11,13-16,22-23,25,35H,12,17-21H2,1-8H3/b10-9+/t25-,35-/m0/s1. The third kappa shape index (κ3) is 7.35. The summed E-state index contributed by atoms with van der Waals surface area (Å²) >= 11 is 6.89. The van der Waals surface area contributed by atoms with Crippen LogP contribution in [0.1, 0.15) is 76.8 Å². The van der Waals surface area contributed by atoms with E-state index in [4.69, 9.17) is 40.6 Å². The number of fused-ring (bicyclic) bond motifs is 7. The van der Waals surface area contributed by atoms with Gasteiger partial charge in [-0.1, -0.05) is 42.0 Å². The molecule has 0 unspecified atom stereocenters. The lowest BCUT2D eigenvalue weighted by molar-refractivity contribution is -0.164. The minimum Gasteiger partial charge on any atom is -0.490 e. The Balaban J connectivity index is 1.58. The average Bonchev–Trinajstić information content (AvgIpc) is 3.46. The molecule has 49 heavy (non-hydrogen) atoms. The quantitative estimate of drug-likeness (QED) is 0.157. The van der Waals surface area contributed by atoms with Gasteiger partial charge in [-0.05, 0) is 90.6 Å². The van der Waals surface area contributed by atoms with E-state index in [0.717, 1.165) is 58.8 Å². The Hall–Kier alpha value is -3.92. The smallest absolute Gasteiger partial charge is 0.339 e. The van der Waals surface area contributed by atoms with Crippen molar-refractivity contribution in [3.63, 3.8) is 0 Å². The predicted molar refractivity (Wildman–Crippen MR) is 194 cm³/mol. The number of anilines is 1. The summed E-state index contributed by atoms with van der Waals surface area (Å²) in [6, 6.07) is 14.0. The number of benzene rings is 2. The molecular weight excluding hydrogens is 640 g/mol. The van der Waals surface area contributed by atoms with Crippen molar-refractivity contribution in [2.24, 2.45) is 0 Å². The molecule has 260 valence electrons. The Kier molecular flexibility index (Phi) is 9.81. The van der Waals surface area contributed by atoms with Gasteiger partial charge in [-0.2, -0.15) is 9.61 Å². The van der Waals surface area contributed by atoms with Crippen LogP contribution in [-0.2, 0) is 19.0 Å². The zero-order valence-corrected chi connectivity index (χ0v) is 30.6. The fourth-order valence-electron chi connectivity index (χ4n) is 6.67. The Morgan fingerprint density at radius 1 is 1.10 bits per heavy atom. The number of ether oxygens (including phenoxy) is 4. The van der Waals surface area contributed by atoms with Crippen molar-refractivity contribution in [1.29, 1.82) is 0 Å². The Morgan fingerprint density at radius 3 is 2.57 bits per heavy atom. The lowest BCUT2D eigenvalue weighted by Gasteiger charge is -2.41. The number of aromatic nitrogens is 3. The molecule has 2 aromatic heterocycles. The van der Waals surface area contributed by atoms with Gasteiger partial charge in [-0.15, -0.1) is 0 Å². The van der Waals surface area contributed by atoms with Crippen molar-refractivity contribution in [2.45, 2.75) is 91.1 Å². The molecule has 0 saturated carbocycles. The second-order valence-electron chi connectivity index (χ2n) is 14.4. The van der Waals surface area contributed by atoms with Crippen LogP contribution in [0.5, 0.6) is 5.75 Å². The van der Waals surface area contributed by atoms with E-state index < -0.39 is 17.7 Å². The summed E-state index contributed by atoms with van der Waals surface area (Å²) in [7, 11) is 1.39. The number of methoxy groups -OCH3 is 1. The molecule has 6 bridgehead atoms. The summed E-state index contributed by atoms with van der Waals surface area (Å²) in [6.45, 7) is 15.9. The number of nitrogens with zero attached hydrogens (tertiary/aromatic N) is 4. The number of hydrogen-bond donors (Lipinski definition) is 0. The highest BCUT2D eigenvalue weighted by Crippen LogP contribution is 2.42. The molecule has 5 heterocycles. The largest absolute Gasteiger partial charge is 0.490 e. The first-order chi connectivity index (χ1) is 23.3. The molecule has 0 N–H and O–H groups in total. The summed E-state index contributed by atoms with van der Waals surface area (Å²) < 4.78 is 26.5. The van der Waals surface area contributed by atoms with Crippen molar-refractivity contribution in [3.05, 3.63) is 76.5 Å². The predicted octanol–water partition coefficient (Wildman–Crippen LogP) is 8.47. The number of piperidine rings is 1. The summed E-state index contributed by atoms with van der Waals surface area (Å²) in [4.78, 5) is 20.7. The first-order valence-corrected chi connectivity index (χ1v) is 17.4. The zero-order valence-electron chi connectivity index (χ0n) is 29.8. The normalized spacial score (nSPS) is 21.2. The van der Waals surface area contributed by atoms with Gasteiger partial charge >= 0.3 is 5.97 Å². The molecule has 3 aliphatic rings. The molecule has 1 fully saturated rings. The molecule has 2 atom stereocenters. The van der Waals surface area contributed by atoms with E-state index >= 15 is 0 Å². The number of carbonyl (C=O) groups excluding carboxylic acids is 1. The van der Waals surface area contributed by atoms with Gasteiger partial charge in [0.25, 0.3) is 0 Å². The van der Waals surface area contributed by atoms with Crippen LogP contribution in [0.25, 0.3) is 28.0 Å². The van der Waals surface area contributed by atoms with Gasteiger partial charge < -0.3 is 23.8 Å². The first kappa shape index (κ1) is 34.9. The maximum Gasteiger partial charge on any atom is 0.339 e. The fourth-order valence-corrected chi connectivity index (χ4v) is 6.94. The van der Waals surface area contributed by atoms with Gasteiger partial charge in [0.2, 0.25) is 0 Å². The molecular formula is C39H47ClN4O5. The summed E-state index contributed by atoms with van der Waals surface area (Å²) in [6.07, 6.45) is 5.43. The molecule has 10 heteroatoms. The van der Waals surface area contributed by atoms with Crippen LogP contribution >= 0.6 is 11.6 Å². The third-order valence-electron chi connectivity index (χ3n) is 9.34. The highest BCUT2D eigenvalue weighted by atomic mass is 35.5. The molecule has 9 nitrogen and oxygen atoms in total. The van der Waals surface area contributed by atoms with E-state index in [-0.39, 0.29) is 11.7 Å². The van der Waals surface area contributed by atoms with Crippen molar-refractivity contribution < 1.29 is 23.7 Å². The van der Waals surface area contributed by atoms with Crippen LogP contribution in [0.15, 0.2) is 54.6 Å². The molecule has 3 aliphatic heterocycles. The zero-order chi connectivity index (χ0) is 35.1. The average molecular weight is 687 g/mol. The van der Waals surface area contributed by atoms with Crippen molar-refractivity contribution in [3.8, 4) is 28.1 Å². The topological polar surface area (TPSA) is 87.4 Å². The molecule has 4 aromatic rings. The second-order valence-corrected chi connectivity index (χ2v) is 14.8. The van der Waals surface area contributed by atoms with Crippen molar-refractivity contribution in [1.82, 2.24) is 14.6 Å². The van der Waals surface area contributed by atoms with E-state index in [1.165, 1.54) is 7.11 Å². The number of halogens is 1. The molecule has 7 rings (SSSR count). The molecule has 0 spiro atoms. The Morgan fingerprint density at radius 2 is 1.86 bits per heavy atom. The number of hydrogen-bond acceptors (Lipinski definition) is 8. The molecule has 0 radical (unpaired) electrons. The molecule has 2 aromatic carbocycles. The van der Waals surface area contributed by atoms with Crippen molar-refractivity contribution in [2.75, 3.05) is 31.7 Å². The minimum absolute atomic E-state index is 0.0715. The first-order valence-electron chi connectivity index (χ1n) is 17.0. The van der Waals surface area contributed by atoms with Gasteiger partial charge in [-0.3, -0.25) is 0 Å². The van der Waals surface area contributed by atoms with Crippen LogP contribution in [0.3, 0.4) is 0 Å². The maximum atomic E-state index is 13.4. The van der Waals surface area contributed by atoms with Crippen LogP contribution in [-0.4, -0.2) is 64.7 Å². The lowest BCUT2D eigenvalue weighted by Crippen LogP contribution is -2.45. The summed E-state index contributed by atoms with van der Waals surface area (Å²) in [5.74, 6) is 1.01. The third-order valence-corrected chi connectivity index (χ3v) is 9.66. The van der Waals surface area contributed by atoms with Gasteiger partial charge in [0.05, 0.1) is 47.3 Å². The minimum atomic E-state index is -1.00. The molecule has 0 aliphatic carbocycles. The SMILES string of the molecule is COC(=O)[C@@H](OC(C)(C)C)c1c(C)nc2cc3nn2c1N1CCC(C)(CC1)OC/C=C/C[C@H](C)Oc1cccc(Cl)c1-c1cc-3ccc1C. The van der Waals surface area contributed by atoms with Gasteiger partial charge in [0.15, 0.2) is 11.8 Å². The van der Waals surface area contributed by atoms with E-state index in [2.05, 4.69) is 56.0 Å². The summed E-state index contributed by atoms with van der Waals surface area (Å²) in [5.41, 5.74) is 5.57. The van der Waals surface area contributed by atoms with Crippen LogP contribution < -0.4 is 9.64 Å². The van der Waals surface area contributed by atoms with Crippen LogP contribution in [0, 0.1) is 13.8 Å². The Labute approximate surface area is 294 Å². The Bertz CT molecular complexity index is 1890. The van der Waals surface area contributed by atoms with Gasteiger partial charge in [-0.25, -0.2) is 9.78 Å². The number of aryl methyl sites for hydroxylation is 2. The highest BCUT2D eigenvalue weighted by molar-refractivity contribution is 6.33. The molecule has 1 saturated heterocycles. The molecule has 0 amide bonds. The van der Waals surface area contributed by atoms with E-state index in [0.29, 0.717) is 41.6 Å². The lowest BCUT2D eigenvalue weighted by atomic mass is 9.92. The van der Waals surface area contributed by atoms with Crippen LogP contribution in [0.4, 0.5) is 5.82 Å². The van der Waals surface area contributed by atoms with Crippen molar-refractivity contribution >= 4 is 29.0 Å². The second kappa shape index (κ2) is 13.8. The monoisotopic (exact) mass is 686 g/mol. The maximum absolute atomic E-state index is 13.4. The van der Waals surface area contributed by atoms with Crippen LogP contribution in [0.2, 0.25) is 5.02 Å².